The Morgan fingerprint density at radius 3 is 2.54 bits per heavy atom. The lowest BCUT2D eigenvalue weighted by Gasteiger charge is -2.12. The Kier molecular flexibility index (Phi) is 3.35. The maximum absolute atomic E-state index is 14.7. The van der Waals surface area contributed by atoms with Gasteiger partial charge in [-0.15, -0.1) is 5.10 Å². The minimum Gasteiger partial charge on any atom is -0.380 e. The number of halogens is 2. The fraction of sp³-hybridized carbons (Fsp3) is 0.0556. The zero-order chi connectivity index (χ0) is 19.4. The van der Waals surface area contributed by atoms with Gasteiger partial charge in [0.25, 0.3) is 0 Å². The normalized spacial score (nSPS) is 11.5. The number of benzene rings is 1. The largest absolute Gasteiger partial charge is 0.380 e. The topological polar surface area (TPSA) is 99.3 Å². The highest BCUT2D eigenvalue weighted by Crippen LogP contribution is 2.33. The second-order valence-corrected chi connectivity index (χ2v) is 6.31. The van der Waals surface area contributed by atoms with Crippen molar-refractivity contribution in [3.8, 4) is 22.5 Å². The maximum Gasteiger partial charge on any atom is 0.222 e. The fourth-order valence-electron chi connectivity index (χ4n) is 3.20. The number of aryl methyl sites for hydroxylation is 1. The Labute approximate surface area is 156 Å². The van der Waals surface area contributed by atoms with Gasteiger partial charge in [0.15, 0.2) is 17.3 Å². The Balaban J connectivity index is 1.87. The highest BCUT2D eigenvalue weighted by Gasteiger charge is 2.20. The molecule has 4 aromatic heterocycles. The number of imidazole rings is 1. The molecule has 4 heterocycles. The van der Waals surface area contributed by atoms with Crippen LogP contribution in [0.3, 0.4) is 0 Å². The van der Waals surface area contributed by atoms with Gasteiger partial charge in [0.05, 0.1) is 11.4 Å². The molecule has 138 valence electrons. The lowest BCUT2D eigenvalue weighted by atomic mass is 10.0. The zero-order valence-electron chi connectivity index (χ0n) is 14.5. The first-order valence-corrected chi connectivity index (χ1v) is 8.30. The van der Waals surface area contributed by atoms with E-state index in [1.807, 2.05) is 0 Å². The average molecular weight is 378 g/mol. The van der Waals surface area contributed by atoms with Crippen molar-refractivity contribution < 1.29 is 8.78 Å². The van der Waals surface area contributed by atoms with Gasteiger partial charge in [0, 0.05) is 23.5 Å². The molecule has 0 bridgehead atoms. The van der Waals surface area contributed by atoms with E-state index in [1.165, 1.54) is 22.7 Å². The van der Waals surface area contributed by atoms with Crippen molar-refractivity contribution >= 4 is 17.1 Å². The van der Waals surface area contributed by atoms with E-state index in [4.69, 9.17) is 5.73 Å². The Morgan fingerprint density at radius 2 is 1.75 bits per heavy atom. The summed E-state index contributed by atoms with van der Waals surface area (Å²) in [6.45, 7) is 1.78. The maximum atomic E-state index is 14.7. The summed E-state index contributed by atoms with van der Waals surface area (Å²) in [7, 11) is 0. The van der Waals surface area contributed by atoms with Gasteiger partial charge in [-0.25, -0.2) is 18.7 Å². The van der Waals surface area contributed by atoms with Crippen molar-refractivity contribution in [3.63, 3.8) is 0 Å². The summed E-state index contributed by atoms with van der Waals surface area (Å²) in [5.41, 5.74) is 9.00. The van der Waals surface area contributed by atoms with Crippen LogP contribution in [0.5, 0.6) is 0 Å². The molecule has 0 aliphatic rings. The molecule has 0 saturated carbocycles. The summed E-state index contributed by atoms with van der Waals surface area (Å²) in [5, 5.41) is 11.5. The lowest BCUT2D eigenvalue weighted by molar-refractivity contribution is 0.628. The fourth-order valence-corrected chi connectivity index (χ4v) is 3.20. The van der Waals surface area contributed by atoms with Crippen molar-refractivity contribution in [2.24, 2.45) is 0 Å². The van der Waals surface area contributed by atoms with Crippen molar-refractivity contribution in [1.82, 2.24) is 34.4 Å². The first kappa shape index (κ1) is 16.2. The van der Waals surface area contributed by atoms with E-state index >= 15 is 0 Å². The third-order valence-corrected chi connectivity index (χ3v) is 4.38. The molecule has 0 unspecified atom stereocenters. The van der Waals surface area contributed by atoms with Gasteiger partial charge in [-0.05, 0) is 47.7 Å². The summed E-state index contributed by atoms with van der Waals surface area (Å²) >= 11 is 0. The number of pyridine rings is 1. The zero-order valence-corrected chi connectivity index (χ0v) is 14.5. The first-order valence-electron chi connectivity index (χ1n) is 8.30. The number of tetrazole rings is 1. The van der Waals surface area contributed by atoms with Gasteiger partial charge in [-0.2, -0.15) is 4.52 Å². The molecular weight excluding hydrogens is 366 g/mol. The van der Waals surface area contributed by atoms with E-state index in [1.54, 1.807) is 35.9 Å². The molecule has 0 saturated heterocycles. The molecular formula is C18H12F2N8. The van der Waals surface area contributed by atoms with Crippen molar-refractivity contribution in [2.75, 3.05) is 5.73 Å². The molecule has 0 radical (unpaired) electrons. The summed E-state index contributed by atoms with van der Waals surface area (Å²) in [6, 6.07) is 7.08. The van der Waals surface area contributed by atoms with Gasteiger partial charge in [-0.3, -0.25) is 0 Å². The molecule has 8 nitrogen and oxygen atoms in total. The van der Waals surface area contributed by atoms with Gasteiger partial charge < -0.3 is 10.1 Å². The highest BCUT2D eigenvalue weighted by molar-refractivity contribution is 5.82. The van der Waals surface area contributed by atoms with Crippen LogP contribution in [-0.2, 0) is 0 Å². The predicted molar refractivity (Wildman–Crippen MR) is 97.3 cm³/mol. The first-order chi connectivity index (χ1) is 13.5. The summed E-state index contributed by atoms with van der Waals surface area (Å²) in [5.74, 6) is -0.787. The van der Waals surface area contributed by atoms with Crippen LogP contribution in [0.1, 0.15) is 5.69 Å². The molecule has 2 N–H and O–H groups in total. The number of nitrogen functional groups attached to an aromatic ring is 1. The van der Waals surface area contributed by atoms with Crippen LogP contribution in [0.2, 0.25) is 0 Å². The lowest BCUT2D eigenvalue weighted by Crippen LogP contribution is -2.06. The molecule has 5 aromatic rings. The van der Waals surface area contributed by atoms with Crippen LogP contribution in [-0.4, -0.2) is 34.4 Å². The van der Waals surface area contributed by atoms with Crippen molar-refractivity contribution in [3.05, 3.63) is 60.1 Å². The highest BCUT2D eigenvalue weighted by atomic mass is 19.1. The molecule has 0 spiro atoms. The molecule has 0 amide bonds. The third kappa shape index (κ3) is 2.38. The van der Waals surface area contributed by atoms with Gasteiger partial charge in [0.1, 0.15) is 11.5 Å². The number of anilines is 1. The van der Waals surface area contributed by atoms with Crippen LogP contribution in [0.15, 0.2) is 42.7 Å². The van der Waals surface area contributed by atoms with Crippen LogP contribution >= 0.6 is 0 Å². The Bertz CT molecular complexity index is 1350. The molecule has 0 aliphatic carbocycles. The summed E-state index contributed by atoms with van der Waals surface area (Å²) in [6.07, 6.45) is 3.42. The number of nitrogens with zero attached hydrogens (tertiary/aromatic N) is 7. The number of nitrogens with two attached hydrogens (primary N) is 1. The van der Waals surface area contributed by atoms with E-state index in [2.05, 4.69) is 25.5 Å². The Hall–Kier alpha value is -3.95. The van der Waals surface area contributed by atoms with Gasteiger partial charge >= 0.3 is 0 Å². The Morgan fingerprint density at radius 1 is 0.964 bits per heavy atom. The van der Waals surface area contributed by atoms with E-state index in [0.29, 0.717) is 28.2 Å². The second-order valence-electron chi connectivity index (χ2n) is 6.31. The van der Waals surface area contributed by atoms with Crippen molar-refractivity contribution in [2.45, 2.75) is 6.92 Å². The van der Waals surface area contributed by atoms with Crippen LogP contribution in [0, 0.1) is 18.6 Å². The van der Waals surface area contributed by atoms with Gasteiger partial charge in [0.2, 0.25) is 5.65 Å². The minimum atomic E-state index is -0.506. The molecule has 28 heavy (non-hydrogen) atoms. The quantitative estimate of drug-likeness (QED) is 0.507. The van der Waals surface area contributed by atoms with Crippen LogP contribution in [0.4, 0.5) is 14.6 Å². The van der Waals surface area contributed by atoms with E-state index in [0.717, 1.165) is 0 Å². The minimum absolute atomic E-state index is 0.105. The second kappa shape index (κ2) is 5.78. The van der Waals surface area contributed by atoms with E-state index in [9.17, 15) is 8.78 Å². The van der Waals surface area contributed by atoms with Crippen molar-refractivity contribution in [1.29, 1.82) is 0 Å². The number of hydrogen-bond acceptors (Lipinski definition) is 6. The summed E-state index contributed by atoms with van der Waals surface area (Å²) in [4.78, 5) is 8.58. The standard InChI is InChI=1S/C18H12F2N8/c1-9-7-27-8-11(6-13(20)17(27)22-9)15-14(10-2-4-12(19)5-3-10)23-16(21)18-24-25-26-28(15)18/h2-8H,1H3,(H2,21,23). The average Bonchev–Trinajstić information content (AvgIpc) is 3.29. The number of hydrogen-bond donors (Lipinski definition) is 1. The molecule has 1 aromatic carbocycles. The van der Waals surface area contributed by atoms with Crippen LogP contribution in [0.25, 0.3) is 33.8 Å². The molecule has 0 atom stereocenters. The van der Waals surface area contributed by atoms with Crippen LogP contribution < -0.4 is 5.73 Å². The summed E-state index contributed by atoms with van der Waals surface area (Å²) < 4.78 is 31.1. The smallest absolute Gasteiger partial charge is 0.222 e. The SMILES string of the molecule is Cc1cn2cc(-c3c(-c4ccc(F)cc4)nc(N)c4nnnn34)cc(F)c2n1. The van der Waals surface area contributed by atoms with E-state index < -0.39 is 5.82 Å². The monoisotopic (exact) mass is 378 g/mol. The molecule has 5 rings (SSSR count). The molecule has 10 heteroatoms. The number of rotatable bonds is 2. The third-order valence-electron chi connectivity index (χ3n) is 4.38. The number of fused-ring (bicyclic) bond motifs is 2. The van der Waals surface area contributed by atoms with E-state index in [-0.39, 0.29) is 22.9 Å². The molecule has 0 fully saturated rings. The predicted octanol–water partition coefficient (Wildman–Crippen LogP) is 2.67. The van der Waals surface area contributed by atoms with Gasteiger partial charge in [-0.1, -0.05) is 0 Å². The molecule has 0 aliphatic heterocycles. The number of aromatic nitrogens is 7.